The van der Waals surface area contributed by atoms with Crippen LogP contribution in [0.3, 0.4) is 0 Å². The van der Waals surface area contributed by atoms with Crippen molar-refractivity contribution in [3.05, 3.63) is 58.6 Å². The van der Waals surface area contributed by atoms with Crippen molar-refractivity contribution in [3.8, 4) is 17.6 Å². The van der Waals surface area contributed by atoms with E-state index in [2.05, 4.69) is 0 Å². The van der Waals surface area contributed by atoms with Gasteiger partial charge in [0.25, 0.3) is 0 Å². The van der Waals surface area contributed by atoms with E-state index in [9.17, 15) is 4.79 Å². The minimum atomic E-state index is 0.0626. The van der Waals surface area contributed by atoms with Gasteiger partial charge in [-0.3, -0.25) is 4.79 Å². The maximum absolute atomic E-state index is 11.1. The summed E-state index contributed by atoms with van der Waals surface area (Å²) in [7, 11) is 0. The van der Waals surface area contributed by atoms with Crippen molar-refractivity contribution in [2.75, 3.05) is 0 Å². The van der Waals surface area contributed by atoms with Gasteiger partial charge in [0.05, 0.1) is 11.6 Å². The number of rotatable bonds is 4. The number of hydrogen-bond donors (Lipinski definition) is 0. The summed E-state index contributed by atoms with van der Waals surface area (Å²) in [6, 6.07) is 14.1. The van der Waals surface area contributed by atoms with Crippen LogP contribution < -0.4 is 4.74 Å². The predicted octanol–water partition coefficient (Wildman–Crippen LogP) is 4.14. The van der Waals surface area contributed by atoms with Gasteiger partial charge in [-0.2, -0.15) is 5.26 Å². The third-order valence-electron chi connectivity index (χ3n) is 2.68. The van der Waals surface area contributed by atoms with Crippen molar-refractivity contribution in [2.24, 2.45) is 0 Å². The van der Waals surface area contributed by atoms with Crippen LogP contribution in [-0.4, -0.2) is 5.78 Å². The van der Waals surface area contributed by atoms with Crippen LogP contribution in [0, 0.1) is 11.3 Å². The third-order valence-corrected chi connectivity index (χ3v) is 3.03. The van der Waals surface area contributed by atoms with E-state index in [-0.39, 0.29) is 5.78 Å². The molecule has 0 heterocycles. The summed E-state index contributed by atoms with van der Waals surface area (Å²) in [6.45, 7) is 1.53. The number of benzene rings is 2. The molecule has 0 saturated heterocycles. The molecule has 0 N–H and O–H groups in total. The average molecular weight is 286 g/mol. The Hall–Kier alpha value is -2.31. The number of ketones is 1. The van der Waals surface area contributed by atoms with Crippen LogP contribution in [0.15, 0.2) is 42.5 Å². The van der Waals surface area contributed by atoms with Crippen LogP contribution in [0.1, 0.15) is 18.1 Å². The van der Waals surface area contributed by atoms with Crippen molar-refractivity contribution in [1.29, 1.82) is 5.26 Å². The predicted molar refractivity (Wildman–Crippen MR) is 77.1 cm³/mol. The second kappa shape index (κ2) is 6.23. The second-order valence-electron chi connectivity index (χ2n) is 4.37. The summed E-state index contributed by atoms with van der Waals surface area (Å²) in [5.41, 5.74) is 1.36. The summed E-state index contributed by atoms with van der Waals surface area (Å²) in [5.74, 6) is 1.28. The molecule has 0 aliphatic rings. The van der Waals surface area contributed by atoms with Crippen LogP contribution in [0.25, 0.3) is 0 Å². The van der Waals surface area contributed by atoms with Gasteiger partial charge >= 0.3 is 0 Å². The van der Waals surface area contributed by atoms with Crippen LogP contribution in [-0.2, 0) is 11.2 Å². The Balaban J connectivity index is 2.15. The van der Waals surface area contributed by atoms with E-state index >= 15 is 0 Å². The lowest BCUT2D eigenvalue weighted by Gasteiger charge is -2.08. The molecular formula is C16H12ClNO2. The normalized spacial score (nSPS) is 9.85. The van der Waals surface area contributed by atoms with Crippen molar-refractivity contribution >= 4 is 17.4 Å². The molecular weight excluding hydrogens is 274 g/mol. The van der Waals surface area contributed by atoms with Gasteiger partial charge in [-0.05, 0) is 48.9 Å². The summed E-state index contributed by atoms with van der Waals surface area (Å²) < 4.78 is 5.64. The summed E-state index contributed by atoms with van der Waals surface area (Å²) >= 11 is 6.11. The first-order chi connectivity index (χ1) is 9.58. The Bertz CT molecular complexity index is 672. The van der Waals surface area contributed by atoms with Crippen molar-refractivity contribution < 1.29 is 9.53 Å². The highest BCUT2D eigenvalue weighted by Crippen LogP contribution is 2.27. The largest absolute Gasteiger partial charge is 0.457 e. The van der Waals surface area contributed by atoms with Crippen LogP contribution in [0.4, 0.5) is 0 Å². The molecule has 20 heavy (non-hydrogen) atoms. The molecule has 0 atom stereocenters. The second-order valence-corrected chi connectivity index (χ2v) is 4.78. The molecule has 4 heteroatoms. The first-order valence-electron chi connectivity index (χ1n) is 6.04. The van der Waals surface area contributed by atoms with E-state index < -0.39 is 0 Å². The maximum Gasteiger partial charge on any atom is 0.134 e. The number of ether oxygens (including phenoxy) is 1. The maximum atomic E-state index is 11.1. The summed E-state index contributed by atoms with van der Waals surface area (Å²) in [5, 5.41) is 9.23. The number of Topliss-reactive ketones (excluding diaryl/α,β-unsaturated/α-hetero) is 1. The number of hydrogen-bond acceptors (Lipinski definition) is 3. The Morgan fingerprint density at radius 1 is 1.20 bits per heavy atom. The lowest BCUT2D eigenvalue weighted by Crippen LogP contribution is -1.97. The van der Waals surface area contributed by atoms with Gasteiger partial charge in [0.1, 0.15) is 17.3 Å². The minimum absolute atomic E-state index is 0.0626. The highest BCUT2D eigenvalue weighted by atomic mass is 35.5. The van der Waals surface area contributed by atoms with Crippen LogP contribution in [0.2, 0.25) is 5.02 Å². The molecule has 0 unspecified atom stereocenters. The van der Waals surface area contributed by atoms with Gasteiger partial charge in [-0.1, -0.05) is 17.7 Å². The molecule has 0 aliphatic heterocycles. The van der Waals surface area contributed by atoms with E-state index in [0.29, 0.717) is 28.5 Å². The zero-order chi connectivity index (χ0) is 14.5. The van der Waals surface area contributed by atoms with Gasteiger partial charge in [0, 0.05) is 11.4 Å². The fraction of sp³-hybridized carbons (Fsp3) is 0.125. The standard InChI is InChI=1S/C16H12ClNO2/c1-11(19)8-13-4-7-15(9-16(13)17)20-14-5-2-12(10-18)3-6-14/h2-7,9H,8H2,1H3. The van der Waals surface area contributed by atoms with Crippen LogP contribution in [0.5, 0.6) is 11.5 Å². The third kappa shape index (κ3) is 3.59. The quantitative estimate of drug-likeness (QED) is 0.848. The lowest BCUT2D eigenvalue weighted by molar-refractivity contribution is -0.116. The Morgan fingerprint density at radius 2 is 1.85 bits per heavy atom. The summed E-state index contributed by atoms with van der Waals surface area (Å²) in [4.78, 5) is 11.1. The molecule has 0 radical (unpaired) electrons. The molecule has 0 aliphatic carbocycles. The highest BCUT2D eigenvalue weighted by Gasteiger charge is 2.06. The lowest BCUT2D eigenvalue weighted by atomic mass is 10.1. The average Bonchev–Trinajstić information content (AvgIpc) is 2.42. The van der Waals surface area contributed by atoms with E-state index in [0.717, 1.165) is 5.56 Å². The van der Waals surface area contributed by atoms with Crippen molar-refractivity contribution in [2.45, 2.75) is 13.3 Å². The molecule has 0 aromatic heterocycles. The summed E-state index contributed by atoms with van der Waals surface area (Å²) in [6.07, 6.45) is 0.315. The SMILES string of the molecule is CC(=O)Cc1ccc(Oc2ccc(C#N)cc2)cc1Cl. The number of carbonyl (C=O) groups is 1. The van der Waals surface area contributed by atoms with Crippen molar-refractivity contribution in [3.63, 3.8) is 0 Å². The Morgan fingerprint density at radius 3 is 2.40 bits per heavy atom. The van der Waals surface area contributed by atoms with E-state index in [1.54, 1.807) is 42.5 Å². The van der Waals surface area contributed by atoms with E-state index in [1.165, 1.54) is 6.92 Å². The number of nitriles is 1. The fourth-order valence-electron chi connectivity index (χ4n) is 1.74. The van der Waals surface area contributed by atoms with Gasteiger partial charge in [-0.15, -0.1) is 0 Å². The number of halogens is 1. The zero-order valence-corrected chi connectivity index (χ0v) is 11.6. The monoisotopic (exact) mass is 285 g/mol. The molecule has 3 nitrogen and oxygen atoms in total. The first-order valence-corrected chi connectivity index (χ1v) is 6.42. The number of nitrogens with zero attached hydrogens (tertiary/aromatic N) is 1. The molecule has 100 valence electrons. The highest BCUT2D eigenvalue weighted by molar-refractivity contribution is 6.31. The van der Waals surface area contributed by atoms with Crippen molar-refractivity contribution in [1.82, 2.24) is 0 Å². The molecule has 2 rings (SSSR count). The Kier molecular flexibility index (Phi) is 4.39. The zero-order valence-electron chi connectivity index (χ0n) is 10.9. The molecule has 0 spiro atoms. The molecule has 0 amide bonds. The fourth-order valence-corrected chi connectivity index (χ4v) is 1.97. The van der Waals surface area contributed by atoms with Gasteiger partial charge in [0.15, 0.2) is 0 Å². The first kappa shape index (κ1) is 14.1. The van der Waals surface area contributed by atoms with E-state index in [4.69, 9.17) is 21.6 Å². The van der Waals surface area contributed by atoms with E-state index in [1.807, 2.05) is 6.07 Å². The molecule has 2 aromatic rings. The topological polar surface area (TPSA) is 50.1 Å². The minimum Gasteiger partial charge on any atom is -0.457 e. The van der Waals surface area contributed by atoms with Gasteiger partial charge < -0.3 is 4.74 Å². The van der Waals surface area contributed by atoms with Gasteiger partial charge in [-0.25, -0.2) is 0 Å². The molecule has 0 fully saturated rings. The van der Waals surface area contributed by atoms with Gasteiger partial charge in [0.2, 0.25) is 0 Å². The molecule has 2 aromatic carbocycles. The number of carbonyl (C=O) groups excluding carboxylic acids is 1. The molecule has 0 saturated carbocycles. The Labute approximate surface area is 122 Å². The van der Waals surface area contributed by atoms with Crippen LogP contribution >= 0.6 is 11.6 Å². The molecule has 0 bridgehead atoms. The smallest absolute Gasteiger partial charge is 0.134 e.